The molecule has 0 N–H and O–H groups in total. The van der Waals surface area contributed by atoms with Gasteiger partial charge in [0.25, 0.3) is 0 Å². The van der Waals surface area contributed by atoms with Gasteiger partial charge in [-0.25, -0.2) is 4.98 Å². The largest absolute Gasteiger partial charge is 0.509 e. The summed E-state index contributed by atoms with van der Waals surface area (Å²) in [6.07, 6.45) is 1.93. The van der Waals surface area contributed by atoms with Crippen molar-refractivity contribution >= 4 is 44.6 Å². The van der Waals surface area contributed by atoms with Crippen LogP contribution in [0.25, 0.3) is 38.8 Å². The molecule has 0 radical (unpaired) electrons. The van der Waals surface area contributed by atoms with Gasteiger partial charge >= 0.3 is 0 Å². The zero-order valence-corrected chi connectivity index (χ0v) is 52.4. The van der Waals surface area contributed by atoms with E-state index in [0.29, 0.717) is 23.3 Å². The minimum absolute atomic E-state index is 0. The van der Waals surface area contributed by atoms with Gasteiger partial charge < -0.3 is 19.1 Å². The quantitative estimate of drug-likeness (QED) is 0.128. The predicted molar refractivity (Wildman–Crippen MR) is 331 cm³/mol. The minimum atomic E-state index is -0.222. The van der Waals surface area contributed by atoms with E-state index >= 15 is 0 Å². The van der Waals surface area contributed by atoms with E-state index in [4.69, 9.17) is 9.72 Å². The molecule has 79 heavy (non-hydrogen) atoms. The Bertz CT molecular complexity index is 3660. The van der Waals surface area contributed by atoms with Crippen LogP contribution in [-0.4, -0.2) is 9.55 Å². The van der Waals surface area contributed by atoms with Crippen molar-refractivity contribution in [3.8, 4) is 28.4 Å². The number of benzene rings is 7. The van der Waals surface area contributed by atoms with Gasteiger partial charge in [0.05, 0.1) is 0 Å². The number of hydrogen-bond acceptors (Lipinski definition) is 4. The number of anilines is 4. The van der Waals surface area contributed by atoms with Gasteiger partial charge in [0.2, 0.25) is 0 Å². The second-order valence-corrected chi connectivity index (χ2v) is 27.2. The molecule has 0 fully saturated rings. The Morgan fingerprint density at radius 2 is 1.10 bits per heavy atom. The fourth-order valence-corrected chi connectivity index (χ4v) is 11.1. The van der Waals surface area contributed by atoms with Gasteiger partial charge in [0.15, 0.2) is 0 Å². The minimum Gasteiger partial charge on any atom is -0.509 e. The SMILES string of the molecule is CC(C)c1cccc(C(C)C)c1-c1ccc2c(c1)N(c1[c-]c(Oc3[c-]c4c(cc3)c3cc(C(C)(C)c5ccccc5)ccc3n4-c3cc(C(C)(C)C)ccn3)cc(C(C)(C)C)c1)[CH-]N2c1cc(C(C)(C)C)cc(C(C)(C)C)c1.[Pt]. The Hall–Kier alpha value is -6.42. The standard InChI is InChI=1S/C73H81N4O.Pt/c1-46(2)59-25-22-26-60(47(3)4)68(59)48-27-31-64-66(35-48)76(45-75(64)55-37-52(70(8,9)10)36-53(38-55)71(11,12)13)56-39-54(72(14,15)16)40-58(43-56)78-57-29-30-61-62-41-51(73(17,18)49-23-20-19-21-24-49)28-32-63(62)77(65(61)44-57)67-42-50(33-34-74-67)69(5,6)7;/h19-42,45-47H,1-18H3;/q-3;. The van der Waals surface area contributed by atoms with E-state index in [1.807, 2.05) is 6.20 Å². The van der Waals surface area contributed by atoms with Crippen LogP contribution in [0.4, 0.5) is 22.7 Å². The van der Waals surface area contributed by atoms with Crippen molar-refractivity contribution < 1.29 is 25.8 Å². The van der Waals surface area contributed by atoms with Gasteiger partial charge in [-0.05, 0) is 131 Å². The summed E-state index contributed by atoms with van der Waals surface area (Å²) >= 11 is 0. The fourth-order valence-electron chi connectivity index (χ4n) is 11.1. The van der Waals surface area contributed by atoms with Crippen molar-refractivity contribution in [3.05, 3.63) is 209 Å². The van der Waals surface area contributed by atoms with E-state index in [1.165, 1.54) is 50.1 Å². The molecule has 7 aromatic carbocycles. The number of aromatic nitrogens is 2. The molecule has 0 saturated heterocycles. The van der Waals surface area contributed by atoms with Crippen molar-refractivity contribution in [2.45, 2.75) is 164 Å². The number of ether oxygens (including phenoxy) is 1. The maximum Gasteiger partial charge on any atom is 0.135 e. The molecule has 0 atom stereocenters. The molecule has 0 unspecified atom stereocenters. The van der Waals surface area contributed by atoms with Crippen LogP contribution in [0.2, 0.25) is 0 Å². The summed E-state index contributed by atoms with van der Waals surface area (Å²) < 4.78 is 9.37. The molecule has 2 aromatic heterocycles. The molecule has 1 aliphatic heterocycles. The summed E-state index contributed by atoms with van der Waals surface area (Å²) in [7, 11) is 0. The van der Waals surface area contributed by atoms with Crippen molar-refractivity contribution in [2.24, 2.45) is 0 Å². The molecule has 0 saturated carbocycles. The molecule has 0 aliphatic carbocycles. The van der Waals surface area contributed by atoms with Crippen LogP contribution in [0, 0.1) is 18.8 Å². The van der Waals surface area contributed by atoms with Gasteiger partial charge in [-0.1, -0.05) is 203 Å². The maximum atomic E-state index is 7.11. The number of pyridine rings is 1. The van der Waals surface area contributed by atoms with Crippen LogP contribution < -0.4 is 14.5 Å². The summed E-state index contributed by atoms with van der Waals surface area (Å²) in [6.45, 7) is 43.5. The van der Waals surface area contributed by atoms with Crippen LogP contribution in [0.5, 0.6) is 11.5 Å². The molecule has 9 aromatic rings. The van der Waals surface area contributed by atoms with Crippen molar-refractivity contribution in [1.29, 1.82) is 0 Å². The average molecular weight is 1230 g/mol. The first kappa shape index (κ1) is 57.3. The fraction of sp³-hybridized carbons (Fsp3) is 0.342. The number of fused-ring (bicyclic) bond motifs is 4. The molecule has 412 valence electrons. The van der Waals surface area contributed by atoms with E-state index < -0.39 is 0 Å². The van der Waals surface area contributed by atoms with Gasteiger partial charge in [-0.15, -0.1) is 53.6 Å². The van der Waals surface area contributed by atoms with Crippen LogP contribution >= 0.6 is 0 Å². The van der Waals surface area contributed by atoms with Crippen LogP contribution in [0.1, 0.15) is 181 Å². The summed E-state index contributed by atoms with van der Waals surface area (Å²) in [5.41, 5.74) is 18.3. The van der Waals surface area contributed by atoms with Gasteiger partial charge in [0, 0.05) is 66.8 Å². The van der Waals surface area contributed by atoms with E-state index in [-0.39, 0.29) is 48.1 Å². The van der Waals surface area contributed by atoms with Crippen molar-refractivity contribution in [2.75, 3.05) is 9.80 Å². The van der Waals surface area contributed by atoms with Crippen LogP contribution in [0.3, 0.4) is 0 Å². The second kappa shape index (κ2) is 20.9. The first-order valence-corrected chi connectivity index (χ1v) is 28.2. The Morgan fingerprint density at radius 3 is 1.71 bits per heavy atom. The molecule has 1 aliphatic rings. The van der Waals surface area contributed by atoms with Crippen LogP contribution in [-0.2, 0) is 48.1 Å². The van der Waals surface area contributed by atoms with Crippen molar-refractivity contribution in [1.82, 2.24) is 9.55 Å². The normalized spacial score (nSPS) is 13.5. The Labute approximate surface area is 487 Å². The topological polar surface area (TPSA) is 33.5 Å². The zero-order chi connectivity index (χ0) is 56.0. The Balaban J connectivity index is 0.00000757. The second-order valence-electron chi connectivity index (χ2n) is 27.2. The van der Waals surface area contributed by atoms with Crippen molar-refractivity contribution in [3.63, 3.8) is 0 Å². The molecule has 6 heteroatoms. The number of hydrogen-bond donors (Lipinski definition) is 0. The molecule has 0 bridgehead atoms. The van der Waals surface area contributed by atoms with Gasteiger partial charge in [0.1, 0.15) is 5.82 Å². The predicted octanol–water partition coefficient (Wildman–Crippen LogP) is 20.4. The number of nitrogens with zero attached hydrogens (tertiary/aromatic N) is 4. The van der Waals surface area contributed by atoms with Gasteiger partial charge in [-0.3, -0.25) is 0 Å². The van der Waals surface area contributed by atoms with Crippen LogP contribution in [0.15, 0.2) is 146 Å². The molecular formula is C73H81N4OPt-3. The van der Waals surface area contributed by atoms with Gasteiger partial charge in [-0.2, -0.15) is 6.07 Å². The summed E-state index contributed by atoms with van der Waals surface area (Å²) in [5, 5.41) is 2.23. The Morgan fingerprint density at radius 1 is 0.481 bits per heavy atom. The van der Waals surface area contributed by atoms with E-state index in [9.17, 15) is 0 Å². The average Bonchev–Trinajstić information content (AvgIpc) is 4.10. The number of rotatable bonds is 10. The summed E-state index contributed by atoms with van der Waals surface area (Å²) in [4.78, 5) is 9.76. The van der Waals surface area contributed by atoms with E-state index in [2.05, 4.69) is 297 Å². The molecular weight excluding hydrogens is 1140 g/mol. The first-order chi connectivity index (χ1) is 36.6. The summed E-state index contributed by atoms with van der Waals surface area (Å²) in [6, 6.07) is 59.5. The smallest absolute Gasteiger partial charge is 0.135 e. The van der Waals surface area contributed by atoms with E-state index in [0.717, 1.165) is 55.9 Å². The molecule has 0 spiro atoms. The first-order valence-electron chi connectivity index (χ1n) is 28.2. The molecule has 3 heterocycles. The molecule has 5 nitrogen and oxygen atoms in total. The summed E-state index contributed by atoms with van der Waals surface area (Å²) in [5.74, 6) is 2.78. The monoisotopic (exact) mass is 1220 g/mol. The molecule has 10 rings (SSSR count). The maximum absolute atomic E-state index is 7.11. The Kier molecular flexibility index (Phi) is 15.2. The third kappa shape index (κ3) is 11.1. The third-order valence-electron chi connectivity index (χ3n) is 16.2. The zero-order valence-electron chi connectivity index (χ0n) is 50.1. The third-order valence-corrected chi connectivity index (χ3v) is 16.2. The molecule has 0 amide bonds. The van der Waals surface area contributed by atoms with E-state index in [1.54, 1.807) is 0 Å².